The summed E-state index contributed by atoms with van der Waals surface area (Å²) in [7, 11) is 0. The minimum atomic E-state index is -0.0319. The standard InChI is InChI=1S/C10H7NO/c12-9-6-2-1-4-8-5-3-7-11-10(8)9/h1-7H. The van der Waals surface area contributed by atoms with Gasteiger partial charge < -0.3 is 0 Å². The zero-order valence-electron chi connectivity index (χ0n) is 6.40. The molecule has 1 aromatic heterocycles. The van der Waals surface area contributed by atoms with E-state index < -0.39 is 0 Å². The number of aromatic nitrogens is 1. The normalized spacial score (nSPS) is 10.0. The maximum atomic E-state index is 11.3. The van der Waals surface area contributed by atoms with E-state index in [9.17, 15) is 4.79 Å². The highest BCUT2D eigenvalue weighted by molar-refractivity contribution is 5.76. The quantitative estimate of drug-likeness (QED) is 0.581. The van der Waals surface area contributed by atoms with E-state index >= 15 is 0 Å². The third kappa shape index (κ3) is 1.07. The van der Waals surface area contributed by atoms with Crippen LogP contribution in [-0.4, -0.2) is 4.98 Å². The first-order valence-corrected chi connectivity index (χ1v) is 3.72. The van der Waals surface area contributed by atoms with Crippen LogP contribution in [0.1, 0.15) is 0 Å². The van der Waals surface area contributed by atoms with Gasteiger partial charge in [-0.05, 0) is 12.1 Å². The van der Waals surface area contributed by atoms with Crippen LogP contribution in [0.15, 0.2) is 47.4 Å². The molecule has 2 heteroatoms. The van der Waals surface area contributed by atoms with Crippen molar-refractivity contribution >= 4 is 10.9 Å². The van der Waals surface area contributed by atoms with Crippen molar-refractivity contribution in [3.63, 3.8) is 0 Å². The van der Waals surface area contributed by atoms with Crippen LogP contribution in [0.25, 0.3) is 10.9 Å². The van der Waals surface area contributed by atoms with Gasteiger partial charge in [0.2, 0.25) is 5.43 Å². The van der Waals surface area contributed by atoms with Crippen LogP contribution in [0.2, 0.25) is 0 Å². The number of fused-ring (bicyclic) bond motifs is 1. The number of rotatable bonds is 0. The first kappa shape index (κ1) is 6.98. The molecule has 0 bridgehead atoms. The molecule has 0 aliphatic rings. The highest BCUT2D eigenvalue weighted by atomic mass is 16.1. The Bertz CT molecular complexity index is 465. The van der Waals surface area contributed by atoms with Crippen molar-refractivity contribution in [2.75, 3.05) is 0 Å². The Balaban J connectivity index is 3.06. The molecule has 2 aromatic rings. The van der Waals surface area contributed by atoms with Crippen molar-refractivity contribution in [3.05, 3.63) is 52.8 Å². The minimum absolute atomic E-state index is 0.0319. The highest BCUT2D eigenvalue weighted by Crippen LogP contribution is 2.02. The molecule has 0 spiro atoms. The molecule has 2 rings (SSSR count). The second-order valence-electron chi connectivity index (χ2n) is 2.52. The van der Waals surface area contributed by atoms with Crippen LogP contribution in [0.4, 0.5) is 0 Å². The van der Waals surface area contributed by atoms with Crippen molar-refractivity contribution < 1.29 is 0 Å². The Labute approximate surface area is 69.5 Å². The molecule has 0 amide bonds. The fourth-order valence-electron chi connectivity index (χ4n) is 1.14. The van der Waals surface area contributed by atoms with E-state index in [0.717, 1.165) is 5.39 Å². The Morgan fingerprint density at radius 1 is 1.00 bits per heavy atom. The van der Waals surface area contributed by atoms with Gasteiger partial charge in [0.25, 0.3) is 0 Å². The molecule has 58 valence electrons. The lowest BCUT2D eigenvalue weighted by atomic mass is 10.3. The Hall–Kier alpha value is -1.70. The lowest BCUT2D eigenvalue weighted by molar-refractivity contribution is 1.40. The first-order chi connectivity index (χ1) is 5.88. The average molecular weight is 157 g/mol. The van der Waals surface area contributed by atoms with E-state index in [2.05, 4.69) is 4.98 Å². The van der Waals surface area contributed by atoms with Crippen LogP contribution in [0, 0.1) is 0 Å². The van der Waals surface area contributed by atoms with E-state index in [1.54, 1.807) is 12.3 Å². The van der Waals surface area contributed by atoms with Crippen molar-refractivity contribution in [1.29, 1.82) is 0 Å². The van der Waals surface area contributed by atoms with Crippen molar-refractivity contribution in [2.24, 2.45) is 0 Å². The summed E-state index contributed by atoms with van der Waals surface area (Å²) in [5.41, 5.74) is 0.498. The molecular weight excluding hydrogens is 150 g/mol. The minimum Gasteiger partial charge on any atom is -0.288 e. The molecular formula is C10H7NO. The van der Waals surface area contributed by atoms with Gasteiger partial charge in [0.05, 0.1) is 0 Å². The van der Waals surface area contributed by atoms with E-state index in [-0.39, 0.29) is 5.43 Å². The van der Waals surface area contributed by atoms with Gasteiger partial charge >= 0.3 is 0 Å². The number of hydrogen-bond acceptors (Lipinski definition) is 2. The summed E-state index contributed by atoms with van der Waals surface area (Å²) >= 11 is 0. The number of hydrogen-bond donors (Lipinski definition) is 0. The van der Waals surface area contributed by atoms with Crippen LogP contribution in [-0.2, 0) is 0 Å². The van der Waals surface area contributed by atoms with Gasteiger partial charge in [-0.2, -0.15) is 0 Å². The molecule has 0 saturated heterocycles. The molecule has 0 aliphatic heterocycles. The molecule has 1 aromatic carbocycles. The summed E-state index contributed by atoms with van der Waals surface area (Å²) in [6, 6.07) is 10.7. The Kier molecular flexibility index (Phi) is 1.59. The topological polar surface area (TPSA) is 30.0 Å². The predicted octanol–water partition coefficient (Wildman–Crippen LogP) is 1.59. The summed E-state index contributed by atoms with van der Waals surface area (Å²) in [6.45, 7) is 0. The van der Waals surface area contributed by atoms with E-state index in [0.29, 0.717) is 5.52 Å². The Morgan fingerprint density at radius 3 is 2.67 bits per heavy atom. The van der Waals surface area contributed by atoms with Crippen LogP contribution in [0.5, 0.6) is 0 Å². The molecule has 0 aliphatic carbocycles. The molecule has 1 heterocycles. The monoisotopic (exact) mass is 157 g/mol. The summed E-state index contributed by atoms with van der Waals surface area (Å²) in [4.78, 5) is 15.3. The fourth-order valence-corrected chi connectivity index (χ4v) is 1.14. The van der Waals surface area contributed by atoms with Gasteiger partial charge in [-0.25, -0.2) is 0 Å². The lowest BCUT2D eigenvalue weighted by Gasteiger charge is -1.86. The fraction of sp³-hybridized carbons (Fsp3) is 0. The predicted molar refractivity (Wildman–Crippen MR) is 48.0 cm³/mol. The van der Waals surface area contributed by atoms with Gasteiger partial charge in [0.15, 0.2) is 0 Å². The second kappa shape index (κ2) is 2.74. The molecule has 0 radical (unpaired) electrons. The SMILES string of the molecule is O=c1ccccc2cccnc12. The summed E-state index contributed by atoms with van der Waals surface area (Å²) in [5.74, 6) is 0. The molecule has 0 atom stereocenters. The largest absolute Gasteiger partial charge is 0.288 e. The van der Waals surface area contributed by atoms with Crippen LogP contribution >= 0.6 is 0 Å². The molecule has 0 N–H and O–H groups in total. The molecule has 12 heavy (non-hydrogen) atoms. The van der Waals surface area contributed by atoms with Crippen LogP contribution < -0.4 is 5.43 Å². The van der Waals surface area contributed by atoms with Gasteiger partial charge in [-0.15, -0.1) is 0 Å². The zero-order valence-corrected chi connectivity index (χ0v) is 6.40. The summed E-state index contributed by atoms with van der Waals surface area (Å²) in [6.07, 6.45) is 1.63. The van der Waals surface area contributed by atoms with Gasteiger partial charge in [-0.3, -0.25) is 9.78 Å². The average Bonchev–Trinajstić information content (AvgIpc) is 2.29. The van der Waals surface area contributed by atoms with E-state index in [1.807, 2.05) is 24.3 Å². The first-order valence-electron chi connectivity index (χ1n) is 3.72. The molecule has 0 fully saturated rings. The third-order valence-electron chi connectivity index (χ3n) is 1.71. The molecule has 0 saturated carbocycles. The van der Waals surface area contributed by atoms with Crippen LogP contribution in [0.3, 0.4) is 0 Å². The Morgan fingerprint density at radius 2 is 1.75 bits per heavy atom. The number of nitrogens with zero attached hydrogens (tertiary/aromatic N) is 1. The van der Waals surface area contributed by atoms with Crippen molar-refractivity contribution in [1.82, 2.24) is 4.98 Å². The molecule has 2 nitrogen and oxygen atoms in total. The molecule has 0 unspecified atom stereocenters. The van der Waals surface area contributed by atoms with Crippen molar-refractivity contribution in [3.8, 4) is 0 Å². The van der Waals surface area contributed by atoms with Gasteiger partial charge in [0.1, 0.15) is 5.52 Å². The summed E-state index contributed by atoms with van der Waals surface area (Å²) < 4.78 is 0. The maximum absolute atomic E-state index is 11.3. The van der Waals surface area contributed by atoms with Gasteiger partial charge in [-0.1, -0.05) is 24.3 Å². The summed E-state index contributed by atoms with van der Waals surface area (Å²) in [5, 5.41) is 0.882. The van der Waals surface area contributed by atoms with Crippen molar-refractivity contribution in [2.45, 2.75) is 0 Å². The third-order valence-corrected chi connectivity index (χ3v) is 1.71. The van der Waals surface area contributed by atoms with E-state index in [4.69, 9.17) is 0 Å². The second-order valence-corrected chi connectivity index (χ2v) is 2.52. The van der Waals surface area contributed by atoms with Gasteiger partial charge in [0, 0.05) is 11.6 Å². The number of pyridine rings is 1. The smallest absolute Gasteiger partial charge is 0.204 e. The van der Waals surface area contributed by atoms with E-state index in [1.165, 1.54) is 6.07 Å². The maximum Gasteiger partial charge on any atom is 0.204 e. The zero-order chi connectivity index (χ0) is 8.39. The lowest BCUT2D eigenvalue weighted by Crippen LogP contribution is -1.96. The highest BCUT2D eigenvalue weighted by Gasteiger charge is 1.92.